The van der Waals surface area contributed by atoms with E-state index in [2.05, 4.69) is 4.98 Å². The van der Waals surface area contributed by atoms with Gasteiger partial charge in [0.05, 0.1) is 15.7 Å². The summed E-state index contributed by atoms with van der Waals surface area (Å²) in [5, 5.41) is 0.988. The van der Waals surface area contributed by atoms with Gasteiger partial charge in [0.1, 0.15) is 0 Å². The molecule has 0 bridgehead atoms. The van der Waals surface area contributed by atoms with Crippen LogP contribution in [0.1, 0.15) is 0 Å². The Balaban J connectivity index is 2.73. The van der Waals surface area contributed by atoms with Crippen LogP contribution in [0.25, 0.3) is 10.9 Å². The molecule has 2 rings (SSSR count). The Labute approximate surface area is 87.0 Å². The molecule has 1 N–H and O–H groups in total. The second-order valence-electron chi connectivity index (χ2n) is 3.07. The molecule has 2 aromatic rings. The molecule has 1 aromatic heterocycles. The lowest BCUT2D eigenvalue weighted by Gasteiger charge is -2.12. The molecule has 14 heavy (non-hydrogen) atoms. The Hall–Kier alpha value is -0.740. The van der Waals surface area contributed by atoms with Crippen LogP contribution in [0.2, 0.25) is 5.02 Å². The van der Waals surface area contributed by atoms with Gasteiger partial charge in [-0.1, -0.05) is 11.6 Å². The van der Waals surface area contributed by atoms with Gasteiger partial charge in [0, 0.05) is 28.4 Å². The summed E-state index contributed by atoms with van der Waals surface area (Å²) in [6.07, 6.45) is 2.31. The first-order valence-corrected chi connectivity index (χ1v) is 6.15. The standard InChI is InChI=1S/C9H8ClF2NS/c1-14(11,12)9-5-13-8-3-2-6(10)4-7(8)9/h2-5,13H,1H3. The van der Waals surface area contributed by atoms with Gasteiger partial charge >= 0.3 is 0 Å². The zero-order valence-corrected chi connectivity index (χ0v) is 8.92. The quantitative estimate of drug-likeness (QED) is 0.755. The maximum absolute atomic E-state index is 13.2. The highest BCUT2D eigenvalue weighted by Crippen LogP contribution is 2.58. The van der Waals surface area contributed by atoms with E-state index in [-0.39, 0.29) is 4.90 Å². The first-order chi connectivity index (χ1) is 6.48. The average molecular weight is 236 g/mol. The molecular formula is C9H8ClF2NS. The molecule has 0 aliphatic rings. The monoisotopic (exact) mass is 235 g/mol. The fourth-order valence-corrected chi connectivity index (χ4v) is 2.36. The van der Waals surface area contributed by atoms with Crippen molar-refractivity contribution in [2.24, 2.45) is 0 Å². The van der Waals surface area contributed by atoms with Crippen molar-refractivity contribution in [3.05, 3.63) is 29.4 Å². The SMILES string of the molecule is CS(F)(F)c1c[nH]c2ccc(Cl)cc12. The van der Waals surface area contributed by atoms with Crippen LogP contribution in [0, 0.1) is 0 Å². The molecule has 1 nitrogen and oxygen atoms in total. The predicted octanol–water partition coefficient (Wildman–Crippen LogP) is 4.38. The number of hydrogen-bond donors (Lipinski definition) is 1. The molecule has 76 valence electrons. The van der Waals surface area contributed by atoms with E-state index in [1.165, 1.54) is 6.20 Å². The van der Waals surface area contributed by atoms with Crippen LogP contribution in [0.4, 0.5) is 7.77 Å². The fourth-order valence-electron chi connectivity index (χ4n) is 1.36. The van der Waals surface area contributed by atoms with Gasteiger partial charge in [-0.3, -0.25) is 0 Å². The van der Waals surface area contributed by atoms with E-state index in [1.54, 1.807) is 18.2 Å². The largest absolute Gasteiger partial charge is 0.360 e. The Morgan fingerprint density at radius 3 is 2.71 bits per heavy atom. The number of aromatic amines is 1. The molecule has 0 atom stereocenters. The zero-order valence-electron chi connectivity index (χ0n) is 7.35. The number of H-pyrrole nitrogens is 1. The van der Waals surface area contributed by atoms with Crippen LogP contribution in [-0.2, 0) is 0 Å². The lowest BCUT2D eigenvalue weighted by atomic mass is 10.2. The molecule has 0 radical (unpaired) electrons. The third kappa shape index (κ3) is 1.60. The van der Waals surface area contributed by atoms with Gasteiger partial charge in [-0.25, -0.2) is 0 Å². The second-order valence-corrected chi connectivity index (χ2v) is 5.40. The smallest absolute Gasteiger partial charge is 0.0845 e. The first-order valence-electron chi connectivity index (χ1n) is 3.93. The van der Waals surface area contributed by atoms with E-state index >= 15 is 0 Å². The molecule has 0 amide bonds. The number of rotatable bonds is 1. The lowest BCUT2D eigenvalue weighted by Crippen LogP contribution is -1.80. The molecule has 1 aromatic carbocycles. The Morgan fingerprint density at radius 2 is 2.07 bits per heavy atom. The number of benzene rings is 1. The maximum Gasteiger partial charge on any atom is 0.0845 e. The van der Waals surface area contributed by atoms with Crippen LogP contribution in [-0.4, -0.2) is 11.2 Å². The van der Waals surface area contributed by atoms with E-state index < -0.39 is 10.8 Å². The highest BCUT2D eigenvalue weighted by molar-refractivity contribution is 8.24. The van der Waals surface area contributed by atoms with Gasteiger partial charge in [0.2, 0.25) is 0 Å². The summed E-state index contributed by atoms with van der Waals surface area (Å²) in [7, 11) is -3.69. The minimum Gasteiger partial charge on any atom is -0.360 e. The van der Waals surface area contributed by atoms with Crippen molar-refractivity contribution in [3.8, 4) is 0 Å². The molecule has 0 fully saturated rings. The van der Waals surface area contributed by atoms with Crippen molar-refractivity contribution < 1.29 is 7.77 Å². The number of halogens is 3. The van der Waals surface area contributed by atoms with Crippen molar-refractivity contribution in [1.29, 1.82) is 0 Å². The molecule has 0 saturated carbocycles. The highest BCUT2D eigenvalue weighted by atomic mass is 35.5. The molecule has 0 spiro atoms. The number of aromatic nitrogens is 1. The predicted molar refractivity (Wildman–Crippen MR) is 57.3 cm³/mol. The van der Waals surface area contributed by atoms with Crippen LogP contribution >= 0.6 is 22.4 Å². The Morgan fingerprint density at radius 1 is 1.36 bits per heavy atom. The second kappa shape index (κ2) is 3.14. The van der Waals surface area contributed by atoms with Gasteiger partial charge in [-0.15, -0.1) is 0 Å². The summed E-state index contributed by atoms with van der Waals surface area (Å²) in [6, 6.07) is 4.94. The summed E-state index contributed by atoms with van der Waals surface area (Å²) >= 11 is 5.75. The van der Waals surface area contributed by atoms with Gasteiger partial charge in [-0.2, -0.15) is 7.77 Å². The van der Waals surface area contributed by atoms with Crippen LogP contribution < -0.4 is 0 Å². The third-order valence-corrected chi connectivity index (χ3v) is 3.34. The van der Waals surface area contributed by atoms with Gasteiger partial charge in [-0.05, 0) is 18.2 Å². The van der Waals surface area contributed by atoms with Gasteiger partial charge in [0.15, 0.2) is 0 Å². The highest BCUT2D eigenvalue weighted by Gasteiger charge is 2.22. The summed E-state index contributed by atoms with van der Waals surface area (Å²) < 4.78 is 26.3. The maximum atomic E-state index is 13.2. The molecular weight excluding hydrogens is 228 g/mol. The molecule has 0 unspecified atom stereocenters. The normalized spacial score (nSPS) is 13.4. The molecule has 5 heteroatoms. The average Bonchev–Trinajstić information content (AvgIpc) is 2.45. The van der Waals surface area contributed by atoms with Crippen molar-refractivity contribution in [3.63, 3.8) is 0 Å². The van der Waals surface area contributed by atoms with E-state index in [0.717, 1.165) is 6.26 Å². The molecule has 0 aliphatic carbocycles. The van der Waals surface area contributed by atoms with E-state index in [1.807, 2.05) is 0 Å². The van der Waals surface area contributed by atoms with Crippen molar-refractivity contribution in [2.45, 2.75) is 4.90 Å². The van der Waals surface area contributed by atoms with Gasteiger partial charge < -0.3 is 4.98 Å². The van der Waals surface area contributed by atoms with E-state index in [9.17, 15) is 7.77 Å². The lowest BCUT2D eigenvalue weighted by molar-refractivity contribution is 0.754. The Kier molecular flexibility index (Phi) is 2.20. The Bertz CT molecular complexity index is 475. The number of hydrogen-bond acceptors (Lipinski definition) is 0. The summed E-state index contributed by atoms with van der Waals surface area (Å²) in [6.45, 7) is 0. The summed E-state index contributed by atoms with van der Waals surface area (Å²) in [5.41, 5.74) is 0.693. The molecule has 0 aliphatic heterocycles. The van der Waals surface area contributed by atoms with Crippen molar-refractivity contribution in [1.82, 2.24) is 4.98 Å². The van der Waals surface area contributed by atoms with Crippen LogP contribution in [0.3, 0.4) is 0 Å². The summed E-state index contributed by atoms with van der Waals surface area (Å²) in [4.78, 5) is 2.87. The number of nitrogens with one attached hydrogen (secondary N) is 1. The third-order valence-electron chi connectivity index (χ3n) is 1.99. The summed E-state index contributed by atoms with van der Waals surface area (Å²) in [5.74, 6) is 0. The number of fused-ring (bicyclic) bond motifs is 1. The van der Waals surface area contributed by atoms with Crippen molar-refractivity contribution >= 4 is 33.3 Å². The van der Waals surface area contributed by atoms with Crippen molar-refractivity contribution in [2.75, 3.05) is 6.26 Å². The minimum absolute atomic E-state index is 0.0648. The van der Waals surface area contributed by atoms with E-state index in [0.29, 0.717) is 15.9 Å². The van der Waals surface area contributed by atoms with Gasteiger partial charge in [0.25, 0.3) is 0 Å². The van der Waals surface area contributed by atoms with E-state index in [4.69, 9.17) is 11.6 Å². The van der Waals surface area contributed by atoms with Crippen LogP contribution in [0.15, 0.2) is 29.3 Å². The topological polar surface area (TPSA) is 15.8 Å². The molecule has 0 saturated heterocycles. The van der Waals surface area contributed by atoms with Crippen LogP contribution in [0.5, 0.6) is 0 Å². The fraction of sp³-hybridized carbons (Fsp3) is 0.111. The molecule has 1 heterocycles. The minimum atomic E-state index is -3.69. The first kappa shape index (κ1) is 9.80. The zero-order chi connectivity index (χ0) is 10.3.